The Kier molecular flexibility index (Phi) is 6.00. The summed E-state index contributed by atoms with van der Waals surface area (Å²) in [5.41, 5.74) is 7.60. The first-order valence-electron chi connectivity index (χ1n) is 7.29. The molecule has 114 valence electrons. The lowest BCUT2D eigenvalue weighted by molar-refractivity contribution is -0.126. The molecule has 0 aromatic heterocycles. The number of amides is 1. The Hall–Kier alpha value is -1.13. The van der Waals surface area contributed by atoms with Gasteiger partial charge in [-0.2, -0.15) is 0 Å². The smallest absolute Gasteiger partial charge is 0.237 e. The molecule has 1 aromatic carbocycles. The lowest BCUT2D eigenvalue weighted by Crippen LogP contribution is -2.32. The van der Waals surface area contributed by atoms with Crippen molar-refractivity contribution in [3.8, 4) is 0 Å². The number of carbonyl (C=O) groups is 1. The molecular formula is C16H21ClN2OS. The molecule has 0 fully saturated rings. The van der Waals surface area contributed by atoms with Gasteiger partial charge >= 0.3 is 0 Å². The maximum atomic E-state index is 12.4. The van der Waals surface area contributed by atoms with Crippen LogP contribution in [-0.2, 0) is 4.79 Å². The zero-order valence-corrected chi connectivity index (χ0v) is 13.8. The molecule has 1 aromatic rings. The lowest BCUT2D eigenvalue weighted by Gasteiger charge is -2.26. The number of hydrogen-bond donors (Lipinski definition) is 1. The number of allylic oxidation sites excluding steroid dienone is 2. The average molecular weight is 325 g/mol. The molecule has 0 heterocycles. The van der Waals surface area contributed by atoms with Crippen LogP contribution in [0.1, 0.15) is 32.6 Å². The second-order valence-corrected chi connectivity index (χ2v) is 6.48. The molecule has 2 rings (SSSR count). The van der Waals surface area contributed by atoms with Crippen molar-refractivity contribution < 1.29 is 4.79 Å². The first-order valence-corrected chi connectivity index (χ1v) is 8.65. The van der Waals surface area contributed by atoms with Crippen LogP contribution in [-0.4, -0.2) is 23.1 Å². The quantitative estimate of drug-likeness (QED) is 0.648. The van der Waals surface area contributed by atoms with E-state index in [0.29, 0.717) is 16.5 Å². The van der Waals surface area contributed by atoms with Crippen LogP contribution in [0.3, 0.4) is 0 Å². The minimum atomic E-state index is 0.133. The van der Waals surface area contributed by atoms with Crippen molar-refractivity contribution in [2.75, 3.05) is 18.0 Å². The van der Waals surface area contributed by atoms with Gasteiger partial charge in [0, 0.05) is 22.8 Å². The molecule has 0 unspecified atom stereocenters. The van der Waals surface area contributed by atoms with Crippen molar-refractivity contribution >= 4 is 35.0 Å². The number of nitrogens with two attached hydrogens (primary N) is 1. The molecule has 1 aliphatic carbocycles. The van der Waals surface area contributed by atoms with Crippen LogP contribution in [0.4, 0.5) is 5.69 Å². The molecule has 0 atom stereocenters. The van der Waals surface area contributed by atoms with Crippen molar-refractivity contribution in [2.24, 2.45) is 0 Å². The number of anilines is 1. The SMILES string of the molecule is CCN(C(=O)CSc1cc(N)ccc1Cl)C1=CCCCC1. The van der Waals surface area contributed by atoms with E-state index in [-0.39, 0.29) is 5.91 Å². The highest BCUT2D eigenvalue weighted by Crippen LogP contribution is 2.30. The number of thioether (sulfide) groups is 1. The van der Waals surface area contributed by atoms with Crippen LogP contribution in [0.5, 0.6) is 0 Å². The molecule has 0 radical (unpaired) electrons. The van der Waals surface area contributed by atoms with Gasteiger partial charge in [0.1, 0.15) is 0 Å². The summed E-state index contributed by atoms with van der Waals surface area (Å²) in [7, 11) is 0. The van der Waals surface area contributed by atoms with Crippen LogP contribution in [0.15, 0.2) is 34.9 Å². The Bertz CT molecular complexity index is 545. The van der Waals surface area contributed by atoms with Gasteiger partial charge in [-0.25, -0.2) is 0 Å². The van der Waals surface area contributed by atoms with E-state index in [0.717, 1.165) is 24.3 Å². The first-order chi connectivity index (χ1) is 10.1. The summed E-state index contributed by atoms with van der Waals surface area (Å²) in [4.78, 5) is 15.2. The number of carbonyl (C=O) groups excluding carboxylic acids is 1. The van der Waals surface area contributed by atoms with Gasteiger partial charge in [0.15, 0.2) is 0 Å². The molecule has 21 heavy (non-hydrogen) atoms. The summed E-state index contributed by atoms with van der Waals surface area (Å²) in [6.45, 7) is 2.74. The molecule has 2 N–H and O–H groups in total. The third kappa shape index (κ3) is 4.42. The molecule has 0 aliphatic heterocycles. The Morgan fingerprint density at radius 1 is 1.43 bits per heavy atom. The Morgan fingerprint density at radius 3 is 2.90 bits per heavy atom. The van der Waals surface area contributed by atoms with Gasteiger partial charge in [-0.3, -0.25) is 4.79 Å². The minimum absolute atomic E-state index is 0.133. The molecule has 0 bridgehead atoms. The summed E-state index contributed by atoms with van der Waals surface area (Å²) >= 11 is 7.58. The van der Waals surface area contributed by atoms with Gasteiger partial charge in [0.05, 0.1) is 10.8 Å². The Labute approximate surface area is 135 Å². The van der Waals surface area contributed by atoms with E-state index in [2.05, 4.69) is 6.08 Å². The second-order valence-electron chi connectivity index (χ2n) is 5.06. The largest absolute Gasteiger partial charge is 0.399 e. The van der Waals surface area contributed by atoms with E-state index in [1.165, 1.54) is 30.3 Å². The zero-order valence-electron chi connectivity index (χ0n) is 12.3. The molecule has 0 spiro atoms. The third-order valence-corrected chi connectivity index (χ3v) is 5.02. The molecule has 1 aliphatic rings. The fourth-order valence-corrected chi connectivity index (χ4v) is 3.60. The summed E-state index contributed by atoms with van der Waals surface area (Å²) in [5.74, 6) is 0.517. The van der Waals surface area contributed by atoms with Crippen LogP contribution >= 0.6 is 23.4 Å². The monoisotopic (exact) mass is 324 g/mol. The molecular weight excluding hydrogens is 304 g/mol. The normalized spacial score (nSPS) is 14.7. The third-order valence-electron chi connectivity index (χ3n) is 3.54. The van der Waals surface area contributed by atoms with E-state index in [9.17, 15) is 4.79 Å². The van der Waals surface area contributed by atoms with Crippen molar-refractivity contribution in [1.29, 1.82) is 0 Å². The van der Waals surface area contributed by atoms with E-state index in [1.807, 2.05) is 17.9 Å². The number of hydrogen-bond acceptors (Lipinski definition) is 3. The van der Waals surface area contributed by atoms with Gasteiger partial charge in [-0.05, 0) is 50.8 Å². The van der Waals surface area contributed by atoms with Crippen LogP contribution in [0.2, 0.25) is 5.02 Å². The summed E-state index contributed by atoms with van der Waals surface area (Å²) in [6, 6.07) is 5.35. The number of nitrogens with zero attached hydrogens (tertiary/aromatic N) is 1. The lowest BCUT2D eigenvalue weighted by atomic mass is 10.0. The maximum absolute atomic E-state index is 12.4. The zero-order chi connectivity index (χ0) is 15.2. The highest BCUT2D eigenvalue weighted by Gasteiger charge is 2.18. The van der Waals surface area contributed by atoms with E-state index in [4.69, 9.17) is 17.3 Å². The fraction of sp³-hybridized carbons (Fsp3) is 0.438. The summed E-state index contributed by atoms with van der Waals surface area (Å²) < 4.78 is 0. The van der Waals surface area contributed by atoms with Crippen molar-refractivity contribution in [1.82, 2.24) is 4.90 Å². The fourth-order valence-electron chi connectivity index (χ4n) is 2.45. The average Bonchev–Trinajstić information content (AvgIpc) is 2.50. The number of nitrogen functional groups attached to an aromatic ring is 1. The maximum Gasteiger partial charge on any atom is 0.237 e. The van der Waals surface area contributed by atoms with Crippen LogP contribution in [0, 0.1) is 0 Å². The topological polar surface area (TPSA) is 46.3 Å². The Morgan fingerprint density at radius 2 is 2.24 bits per heavy atom. The number of benzene rings is 1. The highest BCUT2D eigenvalue weighted by atomic mass is 35.5. The Balaban J connectivity index is 1.99. The number of rotatable bonds is 5. The van der Waals surface area contributed by atoms with Gasteiger partial charge in [-0.15, -0.1) is 11.8 Å². The molecule has 3 nitrogen and oxygen atoms in total. The van der Waals surface area contributed by atoms with Crippen LogP contribution in [0.25, 0.3) is 0 Å². The standard InChI is InChI=1S/C16H21ClN2OS/c1-2-19(13-6-4-3-5-7-13)16(20)11-21-15-10-12(18)8-9-14(15)17/h6,8-10H,2-5,7,11,18H2,1H3. The predicted octanol–water partition coefficient (Wildman–Crippen LogP) is 4.32. The van der Waals surface area contributed by atoms with Gasteiger partial charge < -0.3 is 10.6 Å². The van der Waals surface area contributed by atoms with Crippen molar-refractivity contribution in [3.05, 3.63) is 35.0 Å². The summed E-state index contributed by atoms with van der Waals surface area (Å²) in [5, 5.41) is 0.641. The van der Waals surface area contributed by atoms with Crippen LogP contribution < -0.4 is 5.73 Å². The van der Waals surface area contributed by atoms with Crippen molar-refractivity contribution in [2.45, 2.75) is 37.5 Å². The highest BCUT2D eigenvalue weighted by molar-refractivity contribution is 8.00. The van der Waals surface area contributed by atoms with E-state index < -0.39 is 0 Å². The summed E-state index contributed by atoms with van der Waals surface area (Å²) in [6.07, 6.45) is 6.67. The molecule has 0 saturated heterocycles. The van der Waals surface area contributed by atoms with Gasteiger partial charge in [0.25, 0.3) is 0 Å². The van der Waals surface area contributed by atoms with Gasteiger partial charge in [0.2, 0.25) is 5.91 Å². The van der Waals surface area contributed by atoms with Crippen molar-refractivity contribution in [3.63, 3.8) is 0 Å². The minimum Gasteiger partial charge on any atom is -0.399 e. The molecule has 0 saturated carbocycles. The van der Waals surface area contributed by atoms with Gasteiger partial charge in [-0.1, -0.05) is 17.7 Å². The molecule has 5 heteroatoms. The van der Waals surface area contributed by atoms with E-state index >= 15 is 0 Å². The predicted molar refractivity (Wildman–Crippen MR) is 90.5 cm³/mol. The first kappa shape index (κ1) is 16.2. The second kappa shape index (κ2) is 7.76. The molecule has 1 amide bonds. The van der Waals surface area contributed by atoms with E-state index in [1.54, 1.807) is 12.1 Å². The number of halogens is 1.